The summed E-state index contributed by atoms with van der Waals surface area (Å²) in [4.78, 5) is 31.0. The molecule has 0 saturated carbocycles. The van der Waals surface area contributed by atoms with Gasteiger partial charge in [0.15, 0.2) is 0 Å². The standard InChI is InChI=1S/C16H23N3O4/c1-11-10-18(13-6-5-12(9-17-13)14(20)21)7-8-19(11)15(22)23-16(2,3)4/h5-6,9,11H,7-8,10H2,1-4H3,(H,20,21)/t11-/m0/s1. The number of aromatic nitrogens is 1. The second kappa shape index (κ2) is 6.44. The van der Waals surface area contributed by atoms with Crippen LogP contribution in [-0.4, -0.2) is 58.3 Å². The van der Waals surface area contributed by atoms with Gasteiger partial charge in [0, 0.05) is 31.9 Å². The quantitative estimate of drug-likeness (QED) is 0.899. The Morgan fingerprint density at radius 2 is 2.00 bits per heavy atom. The van der Waals surface area contributed by atoms with Gasteiger partial charge in [-0.3, -0.25) is 0 Å². The minimum absolute atomic E-state index is 0.0143. The van der Waals surface area contributed by atoms with Crippen molar-refractivity contribution in [1.29, 1.82) is 0 Å². The summed E-state index contributed by atoms with van der Waals surface area (Å²) in [5.41, 5.74) is -0.350. The van der Waals surface area contributed by atoms with Gasteiger partial charge in [-0.15, -0.1) is 0 Å². The van der Waals surface area contributed by atoms with Crippen molar-refractivity contribution in [1.82, 2.24) is 9.88 Å². The highest BCUT2D eigenvalue weighted by Crippen LogP contribution is 2.19. The predicted octanol–water partition coefficient (Wildman–Crippen LogP) is 2.23. The Hall–Kier alpha value is -2.31. The van der Waals surface area contributed by atoms with Crippen molar-refractivity contribution >= 4 is 17.9 Å². The van der Waals surface area contributed by atoms with Gasteiger partial charge in [0.2, 0.25) is 0 Å². The van der Waals surface area contributed by atoms with Gasteiger partial charge < -0.3 is 19.6 Å². The maximum atomic E-state index is 12.2. The van der Waals surface area contributed by atoms with Gasteiger partial charge in [0.1, 0.15) is 11.4 Å². The summed E-state index contributed by atoms with van der Waals surface area (Å²) in [6.07, 6.45) is 1.04. The van der Waals surface area contributed by atoms with Gasteiger partial charge >= 0.3 is 12.1 Å². The molecule has 1 atom stereocenters. The summed E-state index contributed by atoms with van der Waals surface area (Å²) in [7, 11) is 0. The third-order valence-electron chi connectivity index (χ3n) is 3.57. The van der Waals surface area contributed by atoms with Crippen LogP contribution < -0.4 is 4.90 Å². The van der Waals surface area contributed by atoms with Crippen LogP contribution in [0.5, 0.6) is 0 Å². The molecule has 1 aromatic rings. The molecule has 1 aliphatic heterocycles. The number of rotatable bonds is 2. The number of pyridine rings is 1. The lowest BCUT2D eigenvalue weighted by molar-refractivity contribution is 0.0158. The van der Waals surface area contributed by atoms with E-state index in [1.807, 2.05) is 32.6 Å². The lowest BCUT2D eigenvalue weighted by Gasteiger charge is -2.40. The highest BCUT2D eigenvalue weighted by Gasteiger charge is 2.31. The number of amides is 1. The van der Waals surface area contributed by atoms with Crippen molar-refractivity contribution in [3.63, 3.8) is 0 Å². The van der Waals surface area contributed by atoms with Gasteiger partial charge in [-0.2, -0.15) is 0 Å². The summed E-state index contributed by atoms with van der Waals surface area (Å²) < 4.78 is 5.42. The summed E-state index contributed by atoms with van der Waals surface area (Å²) in [6.45, 7) is 9.29. The smallest absolute Gasteiger partial charge is 0.410 e. The van der Waals surface area contributed by atoms with E-state index in [9.17, 15) is 9.59 Å². The number of piperazine rings is 1. The minimum atomic E-state index is -0.993. The molecule has 1 aliphatic rings. The molecule has 2 rings (SSSR count). The topological polar surface area (TPSA) is 83.0 Å². The van der Waals surface area contributed by atoms with Crippen molar-refractivity contribution in [2.75, 3.05) is 24.5 Å². The first-order valence-electron chi connectivity index (χ1n) is 7.61. The summed E-state index contributed by atoms with van der Waals surface area (Å²) >= 11 is 0. The fourth-order valence-electron chi connectivity index (χ4n) is 2.46. The lowest BCUT2D eigenvalue weighted by Crippen LogP contribution is -2.55. The lowest BCUT2D eigenvalue weighted by atomic mass is 10.2. The van der Waals surface area contributed by atoms with Crippen LogP contribution in [0.25, 0.3) is 0 Å². The van der Waals surface area contributed by atoms with Gasteiger partial charge in [0.05, 0.1) is 5.56 Å². The van der Waals surface area contributed by atoms with Crippen molar-refractivity contribution in [3.05, 3.63) is 23.9 Å². The van der Waals surface area contributed by atoms with Crippen molar-refractivity contribution in [2.24, 2.45) is 0 Å². The van der Waals surface area contributed by atoms with E-state index in [1.54, 1.807) is 11.0 Å². The molecule has 7 nitrogen and oxygen atoms in total. The second-order valence-corrected chi connectivity index (χ2v) is 6.68. The zero-order valence-corrected chi connectivity index (χ0v) is 13.9. The summed E-state index contributed by atoms with van der Waals surface area (Å²) in [5, 5.41) is 8.91. The highest BCUT2D eigenvalue weighted by molar-refractivity contribution is 5.87. The number of hydrogen-bond donors (Lipinski definition) is 1. The van der Waals surface area contributed by atoms with Crippen LogP contribution in [0.4, 0.5) is 10.6 Å². The molecule has 0 bridgehead atoms. The fraction of sp³-hybridized carbons (Fsp3) is 0.562. The SMILES string of the molecule is C[C@H]1CN(c2ccc(C(=O)O)cn2)CCN1C(=O)OC(C)(C)C. The van der Waals surface area contributed by atoms with Gasteiger partial charge in [-0.25, -0.2) is 14.6 Å². The number of aromatic carboxylic acids is 1. The maximum absolute atomic E-state index is 12.2. The van der Waals surface area contributed by atoms with E-state index in [2.05, 4.69) is 4.98 Å². The Labute approximate surface area is 135 Å². The Balaban J connectivity index is 2.00. The second-order valence-electron chi connectivity index (χ2n) is 6.68. The van der Waals surface area contributed by atoms with E-state index in [4.69, 9.17) is 9.84 Å². The van der Waals surface area contributed by atoms with Crippen LogP contribution in [0, 0.1) is 0 Å². The van der Waals surface area contributed by atoms with E-state index in [0.717, 1.165) is 0 Å². The molecule has 0 spiro atoms. The predicted molar refractivity (Wildman–Crippen MR) is 85.8 cm³/mol. The van der Waals surface area contributed by atoms with Crippen LogP contribution in [0.3, 0.4) is 0 Å². The number of ether oxygens (including phenoxy) is 1. The molecule has 2 heterocycles. The molecule has 1 fully saturated rings. The van der Waals surface area contributed by atoms with Crippen LogP contribution in [0.15, 0.2) is 18.3 Å². The molecule has 1 N–H and O–H groups in total. The van der Waals surface area contributed by atoms with Crippen LogP contribution in [0.2, 0.25) is 0 Å². The van der Waals surface area contributed by atoms with Crippen LogP contribution in [0.1, 0.15) is 38.1 Å². The normalized spacial score (nSPS) is 18.7. The van der Waals surface area contributed by atoms with Gasteiger partial charge in [-0.1, -0.05) is 0 Å². The number of carboxylic acid groups (broad SMARTS) is 1. The van der Waals surface area contributed by atoms with E-state index in [1.165, 1.54) is 12.3 Å². The third-order valence-corrected chi connectivity index (χ3v) is 3.57. The number of carbonyl (C=O) groups is 2. The molecule has 1 aromatic heterocycles. The fourth-order valence-corrected chi connectivity index (χ4v) is 2.46. The molecule has 0 aromatic carbocycles. The summed E-state index contributed by atoms with van der Waals surface area (Å²) in [5.74, 6) is -0.280. The number of carboxylic acids is 1. The maximum Gasteiger partial charge on any atom is 0.410 e. The van der Waals surface area contributed by atoms with Crippen molar-refractivity contribution < 1.29 is 19.4 Å². The molecule has 126 valence electrons. The average molecular weight is 321 g/mol. The zero-order valence-electron chi connectivity index (χ0n) is 13.9. The van der Waals surface area contributed by atoms with Gasteiger partial charge in [0.25, 0.3) is 0 Å². The number of anilines is 1. The van der Waals surface area contributed by atoms with E-state index in [-0.39, 0.29) is 17.7 Å². The largest absolute Gasteiger partial charge is 0.478 e. The highest BCUT2D eigenvalue weighted by atomic mass is 16.6. The monoisotopic (exact) mass is 321 g/mol. The van der Waals surface area contributed by atoms with Crippen molar-refractivity contribution in [3.8, 4) is 0 Å². The zero-order chi connectivity index (χ0) is 17.2. The first-order chi connectivity index (χ1) is 10.7. The molecule has 0 aliphatic carbocycles. The first kappa shape index (κ1) is 17.1. The molecule has 7 heteroatoms. The first-order valence-corrected chi connectivity index (χ1v) is 7.61. The summed E-state index contributed by atoms with van der Waals surface area (Å²) in [6, 6.07) is 3.22. The minimum Gasteiger partial charge on any atom is -0.478 e. The number of carbonyl (C=O) groups excluding carboxylic acids is 1. The molecule has 0 radical (unpaired) electrons. The number of nitrogens with zero attached hydrogens (tertiary/aromatic N) is 3. The third kappa shape index (κ3) is 4.34. The van der Waals surface area contributed by atoms with Crippen LogP contribution >= 0.6 is 0 Å². The Morgan fingerprint density at radius 1 is 1.30 bits per heavy atom. The number of hydrogen-bond acceptors (Lipinski definition) is 5. The van der Waals surface area contributed by atoms with E-state index >= 15 is 0 Å². The Bertz CT molecular complexity index is 580. The van der Waals surface area contributed by atoms with E-state index < -0.39 is 11.6 Å². The molecule has 1 saturated heterocycles. The Kier molecular flexibility index (Phi) is 4.77. The Morgan fingerprint density at radius 3 is 2.48 bits per heavy atom. The molecule has 23 heavy (non-hydrogen) atoms. The average Bonchev–Trinajstić information content (AvgIpc) is 2.45. The van der Waals surface area contributed by atoms with Crippen LogP contribution in [-0.2, 0) is 4.74 Å². The van der Waals surface area contributed by atoms with Crippen molar-refractivity contribution in [2.45, 2.75) is 39.3 Å². The van der Waals surface area contributed by atoms with Gasteiger partial charge in [-0.05, 0) is 39.8 Å². The molecule has 0 unspecified atom stereocenters. The molecular weight excluding hydrogens is 298 g/mol. The molecule has 1 amide bonds. The van der Waals surface area contributed by atoms with E-state index in [0.29, 0.717) is 25.5 Å². The molecular formula is C16H23N3O4.